The Kier molecular flexibility index (Phi) is 6.66. The molecule has 1 N–H and O–H groups in total. The number of piperazine rings is 1. The van der Waals surface area contributed by atoms with Gasteiger partial charge in [-0.1, -0.05) is 18.2 Å². The van der Waals surface area contributed by atoms with Gasteiger partial charge in [0.25, 0.3) is 0 Å². The van der Waals surface area contributed by atoms with E-state index >= 15 is 0 Å². The van der Waals surface area contributed by atoms with Crippen LogP contribution in [0.15, 0.2) is 59.5 Å². The Morgan fingerprint density at radius 2 is 1.64 bits per heavy atom. The summed E-state index contributed by atoms with van der Waals surface area (Å²) in [6, 6.07) is 15.9. The molecule has 8 heteroatoms. The fourth-order valence-corrected chi connectivity index (χ4v) is 4.49. The zero-order chi connectivity index (χ0) is 20.0. The molecule has 0 atom stereocenters. The minimum absolute atomic E-state index is 0.192. The summed E-state index contributed by atoms with van der Waals surface area (Å²) in [7, 11) is -3.53. The number of hydrogen-bond acceptors (Lipinski definition) is 5. The van der Waals surface area contributed by atoms with Gasteiger partial charge in [-0.05, 0) is 36.4 Å². The SMILES string of the molecule is CC(=O)Nc1ccc(S(=O)(=O)N2CCN(CCOc3ccccc3)CC2)cc1. The third-order valence-corrected chi connectivity index (χ3v) is 6.48. The lowest BCUT2D eigenvalue weighted by molar-refractivity contribution is -0.114. The molecule has 2 aromatic carbocycles. The monoisotopic (exact) mass is 403 g/mol. The summed E-state index contributed by atoms with van der Waals surface area (Å²) in [6.45, 7) is 4.97. The van der Waals surface area contributed by atoms with Crippen LogP contribution in [-0.4, -0.2) is 62.9 Å². The van der Waals surface area contributed by atoms with Crippen molar-refractivity contribution in [1.29, 1.82) is 0 Å². The van der Waals surface area contributed by atoms with E-state index in [0.29, 0.717) is 38.5 Å². The van der Waals surface area contributed by atoms with Crippen molar-refractivity contribution in [1.82, 2.24) is 9.21 Å². The van der Waals surface area contributed by atoms with Crippen LogP contribution in [0.2, 0.25) is 0 Å². The first-order valence-corrected chi connectivity index (χ1v) is 10.7. The molecule has 2 aromatic rings. The molecule has 1 aliphatic heterocycles. The van der Waals surface area contributed by atoms with Gasteiger partial charge in [0.1, 0.15) is 12.4 Å². The van der Waals surface area contributed by atoms with Gasteiger partial charge in [-0.25, -0.2) is 8.42 Å². The van der Waals surface area contributed by atoms with Crippen LogP contribution in [0.5, 0.6) is 5.75 Å². The van der Waals surface area contributed by atoms with E-state index in [9.17, 15) is 13.2 Å². The number of carbonyl (C=O) groups excluding carboxylic acids is 1. The van der Waals surface area contributed by atoms with E-state index in [-0.39, 0.29) is 10.8 Å². The Morgan fingerprint density at radius 3 is 2.25 bits per heavy atom. The molecule has 7 nitrogen and oxygen atoms in total. The number of nitrogens with one attached hydrogen (secondary N) is 1. The number of nitrogens with zero attached hydrogens (tertiary/aromatic N) is 2. The average molecular weight is 404 g/mol. The molecule has 0 spiro atoms. The van der Waals surface area contributed by atoms with Gasteiger partial charge in [0.15, 0.2) is 0 Å². The summed E-state index contributed by atoms with van der Waals surface area (Å²) in [6.07, 6.45) is 0. The topological polar surface area (TPSA) is 79.0 Å². The van der Waals surface area contributed by atoms with Gasteiger partial charge < -0.3 is 10.1 Å². The summed E-state index contributed by atoms with van der Waals surface area (Å²) in [5.74, 6) is 0.648. The molecule has 0 unspecified atom stereocenters. The van der Waals surface area contributed by atoms with Crippen LogP contribution in [-0.2, 0) is 14.8 Å². The van der Waals surface area contributed by atoms with Gasteiger partial charge in [0, 0.05) is 45.3 Å². The minimum Gasteiger partial charge on any atom is -0.492 e. The molecule has 150 valence electrons. The quantitative estimate of drug-likeness (QED) is 0.765. The van der Waals surface area contributed by atoms with Gasteiger partial charge in [0.05, 0.1) is 4.90 Å². The van der Waals surface area contributed by atoms with Crippen molar-refractivity contribution in [3.63, 3.8) is 0 Å². The van der Waals surface area contributed by atoms with Crippen molar-refractivity contribution in [3.05, 3.63) is 54.6 Å². The smallest absolute Gasteiger partial charge is 0.243 e. The summed E-state index contributed by atoms with van der Waals surface area (Å²) in [5.41, 5.74) is 0.578. The van der Waals surface area contributed by atoms with E-state index in [2.05, 4.69) is 10.2 Å². The van der Waals surface area contributed by atoms with Gasteiger partial charge >= 0.3 is 0 Å². The van der Waals surface area contributed by atoms with Crippen molar-refractivity contribution in [2.45, 2.75) is 11.8 Å². The first-order valence-electron chi connectivity index (χ1n) is 9.23. The summed E-state index contributed by atoms with van der Waals surface area (Å²) < 4.78 is 32.9. The maximum atomic E-state index is 12.8. The average Bonchev–Trinajstić information content (AvgIpc) is 2.69. The highest BCUT2D eigenvalue weighted by atomic mass is 32.2. The highest BCUT2D eigenvalue weighted by Crippen LogP contribution is 2.20. The van der Waals surface area contributed by atoms with Gasteiger partial charge in [0.2, 0.25) is 15.9 Å². The molecular weight excluding hydrogens is 378 g/mol. The molecule has 1 amide bonds. The van der Waals surface area contributed by atoms with E-state index < -0.39 is 10.0 Å². The molecule has 1 aliphatic rings. The molecule has 0 saturated carbocycles. The van der Waals surface area contributed by atoms with Crippen LogP contribution < -0.4 is 10.1 Å². The van der Waals surface area contributed by atoms with Crippen molar-refractivity contribution in [2.24, 2.45) is 0 Å². The number of sulfonamides is 1. The molecule has 1 heterocycles. The van der Waals surface area contributed by atoms with Crippen LogP contribution in [0.4, 0.5) is 5.69 Å². The second-order valence-electron chi connectivity index (χ2n) is 6.61. The van der Waals surface area contributed by atoms with Crippen LogP contribution in [0.1, 0.15) is 6.92 Å². The molecule has 3 rings (SSSR count). The number of carbonyl (C=O) groups is 1. The number of anilines is 1. The molecule has 0 bridgehead atoms. The van der Waals surface area contributed by atoms with Crippen molar-refractivity contribution < 1.29 is 17.9 Å². The van der Waals surface area contributed by atoms with Gasteiger partial charge in [-0.3, -0.25) is 9.69 Å². The summed E-state index contributed by atoms with van der Waals surface area (Å²) >= 11 is 0. The maximum absolute atomic E-state index is 12.8. The van der Waals surface area contributed by atoms with Crippen molar-refractivity contribution in [2.75, 3.05) is 44.6 Å². The zero-order valence-electron chi connectivity index (χ0n) is 15.9. The van der Waals surface area contributed by atoms with E-state index in [1.165, 1.54) is 23.4 Å². The lowest BCUT2D eigenvalue weighted by atomic mass is 10.3. The van der Waals surface area contributed by atoms with E-state index in [0.717, 1.165) is 12.3 Å². The Morgan fingerprint density at radius 1 is 1.00 bits per heavy atom. The Balaban J connectivity index is 1.49. The first kappa shape index (κ1) is 20.3. The Labute approximate surface area is 166 Å². The van der Waals surface area contributed by atoms with E-state index in [1.54, 1.807) is 12.1 Å². The lowest BCUT2D eigenvalue weighted by Gasteiger charge is -2.33. The van der Waals surface area contributed by atoms with Crippen LogP contribution in [0.25, 0.3) is 0 Å². The van der Waals surface area contributed by atoms with E-state index in [1.807, 2.05) is 30.3 Å². The zero-order valence-corrected chi connectivity index (χ0v) is 16.7. The molecule has 0 radical (unpaired) electrons. The highest BCUT2D eigenvalue weighted by molar-refractivity contribution is 7.89. The lowest BCUT2D eigenvalue weighted by Crippen LogP contribution is -2.49. The van der Waals surface area contributed by atoms with Gasteiger partial charge in [-0.15, -0.1) is 0 Å². The minimum atomic E-state index is -3.53. The Bertz CT molecular complexity index is 877. The number of amides is 1. The van der Waals surface area contributed by atoms with Crippen LogP contribution in [0.3, 0.4) is 0 Å². The van der Waals surface area contributed by atoms with Gasteiger partial charge in [-0.2, -0.15) is 4.31 Å². The highest BCUT2D eigenvalue weighted by Gasteiger charge is 2.28. The largest absolute Gasteiger partial charge is 0.492 e. The number of rotatable bonds is 7. The number of para-hydroxylation sites is 1. The van der Waals surface area contributed by atoms with Crippen LogP contribution >= 0.6 is 0 Å². The number of hydrogen-bond donors (Lipinski definition) is 1. The standard InChI is InChI=1S/C20H25N3O4S/c1-17(24)21-18-7-9-20(10-8-18)28(25,26)23-13-11-22(12-14-23)15-16-27-19-5-3-2-4-6-19/h2-10H,11-16H2,1H3,(H,21,24). The Hall–Kier alpha value is -2.42. The normalized spacial score (nSPS) is 15.9. The third kappa shape index (κ3) is 5.31. The molecule has 28 heavy (non-hydrogen) atoms. The second-order valence-corrected chi connectivity index (χ2v) is 8.55. The molecular formula is C20H25N3O4S. The fourth-order valence-electron chi connectivity index (χ4n) is 3.07. The molecule has 1 fully saturated rings. The van der Waals surface area contributed by atoms with Crippen molar-refractivity contribution in [3.8, 4) is 5.75 Å². The maximum Gasteiger partial charge on any atom is 0.243 e. The summed E-state index contributed by atoms with van der Waals surface area (Å²) in [5, 5.41) is 2.63. The summed E-state index contributed by atoms with van der Waals surface area (Å²) in [4.78, 5) is 13.5. The molecule has 0 aromatic heterocycles. The number of ether oxygens (including phenoxy) is 1. The van der Waals surface area contributed by atoms with E-state index in [4.69, 9.17) is 4.74 Å². The first-order chi connectivity index (χ1) is 13.4. The fraction of sp³-hybridized carbons (Fsp3) is 0.350. The van der Waals surface area contributed by atoms with Crippen LogP contribution in [0, 0.1) is 0 Å². The molecule has 0 aliphatic carbocycles. The van der Waals surface area contributed by atoms with Crippen molar-refractivity contribution >= 4 is 21.6 Å². The predicted octanol–water partition coefficient (Wildman–Crippen LogP) is 2.03. The third-order valence-electron chi connectivity index (χ3n) is 4.56. The number of benzene rings is 2. The second kappa shape index (κ2) is 9.18. The predicted molar refractivity (Wildman–Crippen MR) is 108 cm³/mol. The molecule has 1 saturated heterocycles.